The van der Waals surface area contributed by atoms with Crippen LogP contribution in [0.2, 0.25) is 0 Å². The molecule has 1 amide bonds. The predicted molar refractivity (Wildman–Crippen MR) is 91.0 cm³/mol. The van der Waals surface area contributed by atoms with Crippen LogP contribution < -0.4 is 0 Å². The van der Waals surface area contributed by atoms with Crippen LogP contribution >= 0.6 is 0 Å². The summed E-state index contributed by atoms with van der Waals surface area (Å²) in [5.74, 6) is -0.137. The molecule has 2 aromatic rings. The van der Waals surface area contributed by atoms with E-state index in [0.717, 1.165) is 5.56 Å². The Morgan fingerprint density at radius 2 is 1.57 bits per heavy atom. The molecule has 0 aliphatic rings. The van der Waals surface area contributed by atoms with Crippen LogP contribution in [0.25, 0.3) is 0 Å². The van der Waals surface area contributed by atoms with Gasteiger partial charge in [-0.25, -0.2) is 8.42 Å². The van der Waals surface area contributed by atoms with Crippen LogP contribution in [0.3, 0.4) is 0 Å². The highest BCUT2D eigenvalue weighted by Crippen LogP contribution is 2.17. The second-order valence-electron chi connectivity index (χ2n) is 5.76. The minimum atomic E-state index is -3.31. The van der Waals surface area contributed by atoms with Gasteiger partial charge in [0.25, 0.3) is 5.91 Å². The molecular weight excluding hydrogens is 310 g/mol. The fourth-order valence-electron chi connectivity index (χ4n) is 2.21. The Kier molecular flexibility index (Phi) is 5.21. The number of carbonyl (C=O) groups excluding carboxylic acids is 1. The quantitative estimate of drug-likeness (QED) is 0.846. The molecule has 2 aromatic carbocycles. The monoisotopic (exact) mass is 331 g/mol. The molecule has 0 spiro atoms. The van der Waals surface area contributed by atoms with E-state index < -0.39 is 15.1 Å². The van der Waals surface area contributed by atoms with Crippen LogP contribution in [0.4, 0.5) is 0 Å². The van der Waals surface area contributed by atoms with Gasteiger partial charge in [0.05, 0.1) is 10.1 Å². The van der Waals surface area contributed by atoms with Crippen molar-refractivity contribution >= 4 is 15.7 Å². The van der Waals surface area contributed by atoms with Crippen molar-refractivity contribution in [3.8, 4) is 0 Å². The summed E-state index contributed by atoms with van der Waals surface area (Å²) < 4.78 is 24.2. The zero-order valence-corrected chi connectivity index (χ0v) is 14.4. The molecule has 5 heteroatoms. The first-order valence-electron chi connectivity index (χ1n) is 7.45. The Hall–Kier alpha value is -2.14. The van der Waals surface area contributed by atoms with E-state index in [0.29, 0.717) is 12.1 Å². The van der Waals surface area contributed by atoms with Crippen molar-refractivity contribution in [2.45, 2.75) is 30.5 Å². The fraction of sp³-hybridized carbons (Fsp3) is 0.278. The van der Waals surface area contributed by atoms with Gasteiger partial charge < -0.3 is 4.90 Å². The third kappa shape index (κ3) is 3.99. The molecule has 2 rings (SSSR count). The molecule has 0 unspecified atom stereocenters. The van der Waals surface area contributed by atoms with Crippen LogP contribution in [-0.2, 0) is 16.4 Å². The highest BCUT2D eigenvalue weighted by atomic mass is 32.2. The van der Waals surface area contributed by atoms with Crippen LogP contribution in [0.1, 0.15) is 29.8 Å². The van der Waals surface area contributed by atoms with Gasteiger partial charge in [0, 0.05) is 19.2 Å². The molecule has 0 bridgehead atoms. The lowest BCUT2D eigenvalue weighted by atomic mass is 10.1. The number of benzene rings is 2. The molecule has 4 nitrogen and oxygen atoms in total. The van der Waals surface area contributed by atoms with E-state index in [-0.39, 0.29) is 10.8 Å². The first-order chi connectivity index (χ1) is 10.8. The van der Waals surface area contributed by atoms with Crippen LogP contribution in [-0.4, -0.2) is 31.5 Å². The lowest BCUT2D eigenvalue weighted by Gasteiger charge is -2.17. The van der Waals surface area contributed by atoms with Crippen molar-refractivity contribution in [1.82, 2.24) is 4.90 Å². The molecule has 0 fully saturated rings. The summed E-state index contributed by atoms with van der Waals surface area (Å²) >= 11 is 0. The maximum Gasteiger partial charge on any atom is 0.253 e. The van der Waals surface area contributed by atoms with Gasteiger partial charge >= 0.3 is 0 Å². The summed E-state index contributed by atoms with van der Waals surface area (Å²) in [7, 11) is -1.58. The largest absolute Gasteiger partial charge is 0.337 e. The highest BCUT2D eigenvalue weighted by Gasteiger charge is 2.20. The zero-order valence-electron chi connectivity index (χ0n) is 13.6. The second kappa shape index (κ2) is 6.96. The minimum absolute atomic E-state index is 0.137. The minimum Gasteiger partial charge on any atom is -0.337 e. The Balaban J connectivity index is 2.14. The van der Waals surface area contributed by atoms with Gasteiger partial charge in [-0.05, 0) is 43.7 Å². The van der Waals surface area contributed by atoms with Gasteiger partial charge in [-0.1, -0.05) is 30.3 Å². The summed E-state index contributed by atoms with van der Waals surface area (Å²) in [5.41, 5.74) is 1.52. The maximum atomic E-state index is 12.4. The molecule has 122 valence electrons. The predicted octanol–water partition coefficient (Wildman–Crippen LogP) is 3.14. The number of hydrogen-bond acceptors (Lipinski definition) is 3. The van der Waals surface area contributed by atoms with Crippen molar-refractivity contribution in [3.05, 3.63) is 65.7 Å². The van der Waals surface area contributed by atoms with E-state index in [2.05, 4.69) is 0 Å². The number of sulfone groups is 1. The fourth-order valence-corrected chi connectivity index (χ4v) is 3.27. The first kappa shape index (κ1) is 17.2. The molecule has 0 aliphatic heterocycles. The number of carbonyl (C=O) groups is 1. The van der Waals surface area contributed by atoms with Crippen molar-refractivity contribution in [3.63, 3.8) is 0 Å². The average molecular weight is 331 g/mol. The lowest BCUT2D eigenvalue weighted by Crippen LogP contribution is -2.26. The summed E-state index contributed by atoms with van der Waals surface area (Å²) in [6.07, 6.45) is 0. The normalized spacial score (nSPS) is 11.5. The number of amides is 1. The third-order valence-electron chi connectivity index (χ3n) is 3.66. The van der Waals surface area contributed by atoms with Gasteiger partial charge in [0.1, 0.15) is 0 Å². The molecule has 0 heterocycles. The number of hydrogen-bond donors (Lipinski definition) is 0. The number of rotatable bonds is 5. The third-order valence-corrected chi connectivity index (χ3v) is 5.83. The summed E-state index contributed by atoms with van der Waals surface area (Å²) in [4.78, 5) is 14.3. The Morgan fingerprint density at radius 1 is 1.00 bits per heavy atom. The summed E-state index contributed by atoms with van der Waals surface area (Å²) in [5, 5.41) is -0.482. The van der Waals surface area contributed by atoms with E-state index in [1.54, 1.807) is 37.9 Å². The van der Waals surface area contributed by atoms with Crippen molar-refractivity contribution < 1.29 is 13.2 Å². The van der Waals surface area contributed by atoms with Gasteiger partial charge in [-0.15, -0.1) is 0 Å². The summed E-state index contributed by atoms with van der Waals surface area (Å²) in [6, 6.07) is 15.8. The standard InChI is InChI=1S/C18H21NO3S/c1-14(2)23(21,22)17-11-9-16(10-12-17)18(20)19(3)13-15-7-5-4-6-8-15/h4-12,14H,13H2,1-3H3. The van der Waals surface area contributed by atoms with Crippen molar-refractivity contribution in [2.24, 2.45) is 0 Å². The van der Waals surface area contributed by atoms with E-state index in [1.807, 2.05) is 30.3 Å². The molecule has 0 saturated carbocycles. The zero-order chi connectivity index (χ0) is 17.0. The van der Waals surface area contributed by atoms with Gasteiger partial charge in [-0.2, -0.15) is 0 Å². The van der Waals surface area contributed by atoms with Crippen LogP contribution in [0.15, 0.2) is 59.5 Å². The molecule has 0 aromatic heterocycles. The van der Waals surface area contributed by atoms with E-state index >= 15 is 0 Å². The molecule has 0 atom stereocenters. The Morgan fingerprint density at radius 3 is 2.09 bits per heavy atom. The van der Waals surface area contributed by atoms with Crippen LogP contribution in [0.5, 0.6) is 0 Å². The first-order valence-corrected chi connectivity index (χ1v) is 9.00. The van der Waals surface area contributed by atoms with Gasteiger partial charge in [0.15, 0.2) is 9.84 Å². The second-order valence-corrected chi connectivity index (χ2v) is 8.27. The molecular formula is C18H21NO3S. The smallest absolute Gasteiger partial charge is 0.253 e. The van der Waals surface area contributed by atoms with Crippen LogP contribution in [0, 0.1) is 0 Å². The van der Waals surface area contributed by atoms with Gasteiger partial charge in [-0.3, -0.25) is 4.79 Å². The van der Waals surface area contributed by atoms with Gasteiger partial charge in [0.2, 0.25) is 0 Å². The van der Waals surface area contributed by atoms with Crippen molar-refractivity contribution in [1.29, 1.82) is 0 Å². The molecule has 0 aliphatic carbocycles. The lowest BCUT2D eigenvalue weighted by molar-refractivity contribution is 0.0785. The molecule has 0 saturated heterocycles. The van der Waals surface area contributed by atoms with Crippen molar-refractivity contribution in [2.75, 3.05) is 7.05 Å². The average Bonchev–Trinajstić information content (AvgIpc) is 2.55. The molecule has 23 heavy (non-hydrogen) atoms. The topological polar surface area (TPSA) is 54.5 Å². The summed E-state index contributed by atoms with van der Waals surface area (Å²) in [6.45, 7) is 3.79. The van der Waals surface area contributed by atoms with E-state index in [4.69, 9.17) is 0 Å². The number of nitrogens with zero attached hydrogens (tertiary/aromatic N) is 1. The Labute approximate surface area is 137 Å². The highest BCUT2D eigenvalue weighted by molar-refractivity contribution is 7.92. The van der Waals surface area contributed by atoms with E-state index in [1.165, 1.54) is 12.1 Å². The maximum absolute atomic E-state index is 12.4. The molecule has 0 radical (unpaired) electrons. The van der Waals surface area contributed by atoms with E-state index in [9.17, 15) is 13.2 Å². The molecule has 0 N–H and O–H groups in total. The SMILES string of the molecule is CC(C)S(=O)(=O)c1ccc(C(=O)N(C)Cc2ccccc2)cc1. The Bertz CT molecular complexity index is 766.